The Kier molecular flexibility index (Phi) is 4.13. The molecule has 2 aromatic rings. The quantitative estimate of drug-likeness (QED) is 0.790. The van der Waals surface area contributed by atoms with Gasteiger partial charge in [0.15, 0.2) is 0 Å². The fraction of sp³-hybridized carbons (Fsp3) is 0.200. The number of esters is 1. The second-order valence-electron chi connectivity index (χ2n) is 3.88. The lowest BCUT2D eigenvalue weighted by atomic mass is 10.0. The number of hydrogen-bond acceptors (Lipinski definition) is 4. The third-order valence-corrected chi connectivity index (χ3v) is 2.69. The van der Waals surface area contributed by atoms with E-state index in [1.807, 2.05) is 18.2 Å². The number of rotatable bonds is 4. The number of carbonyl (C=O) groups excluding carboxylic acids is 1. The van der Waals surface area contributed by atoms with E-state index < -0.39 is 0 Å². The van der Waals surface area contributed by atoms with E-state index in [0.717, 1.165) is 11.1 Å². The van der Waals surface area contributed by atoms with Gasteiger partial charge in [0, 0.05) is 18.0 Å². The van der Waals surface area contributed by atoms with Crippen molar-refractivity contribution in [3.05, 3.63) is 48.3 Å². The van der Waals surface area contributed by atoms with Gasteiger partial charge in [-0.05, 0) is 30.7 Å². The molecular formula is C15H15NO3. The van der Waals surface area contributed by atoms with Gasteiger partial charge in [0.1, 0.15) is 11.3 Å². The van der Waals surface area contributed by atoms with Gasteiger partial charge >= 0.3 is 5.97 Å². The molecule has 0 bridgehead atoms. The number of hydrogen-bond donors (Lipinski definition) is 0. The summed E-state index contributed by atoms with van der Waals surface area (Å²) < 4.78 is 10.2. The van der Waals surface area contributed by atoms with E-state index >= 15 is 0 Å². The first-order valence-electron chi connectivity index (χ1n) is 6.01. The lowest BCUT2D eigenvalue weighted by Crippen LogP contribution is -2.07. The maximum absolute atomic E-state index is 11.9. The Morgan fingerprint density at radius 2 is 2.11 bits per heavy atom. The van der Waals surface area contributed by atoms with E-state index in [0.29, 0.717) is 17.9 Å². The van der Waals surface area contributed by atoms with Crippen molar-refractivity contribution in [3.8, 4) is 16.9 Å². The van der Waals surface area contributed by atoms with E-state index in [4.69, 9.17) is 9.47 Å². The molecular weight excluding hydrogens is 242 g/mol. The Bertz CT molecular complexity index is 567. The van der Waals surface area contributed by atoms with Crippen molar-refractivity contribution in [2.45, 2.75) is 6.92 Å². The van der Waals surface area contributed by atoms with Gasteiger partial charge in [0.25, 0.3) is 0 Å². The minimum atomic E-state index is -0.384. The van der Waals surface area contributed by atoms with Gasteiger partial charge in [-0.25, -0.2) is 4.79 Å². The molecule has 2 rings (SSSR count). The second kappa shape index (κ2) is 6.00. The normalized spacial score (nSPS) is 10.0. The van der Waals surface area contributed by atoms with Crippen molar-refractivity contribution in [2.24, 2.45) is 0 Å². The van der Waals surface area contributed by atoms with Crippen LogP contribution < -0.4 is 4.74 Å². The molecule has 0 radical (unpaired) electrons. The Hall–Kier alpha value is -2.36. The van der Waals surface area contributed by atoms with Crippen LogP contribution in [0.3, 0.4) is 0 Å². The summed E-state index contributed by atoms with van der Waals surface area (Å²) >= 11 is 0. The third-order valence-electron chi connectivity index (χ3n) is 2.69. The number of pyridine rings is 1. The number of benzene rings is 1. The number of aromatic nitrogens is 1. The first-order chi connectivity index (χ1) is 9.26. The van der Waals surface area contributed by atoms with Crippen molar-refractivity contribution in [3.63, 3.8) is 0 Å². The molecule has 0 aliphatic carbocycles. The van der Waals surface area contributed by atoms with Gasteiger partial charge in [-0.3, -0.25) is 4.98 Å². The number of ether oxygens (including phenoxy) is 2. The molecule has 0 amide bonds. The predicted molar refractivity (Wildman–Crippen MR) is 72.2 cm³/mol. The maximum atomic E-state index is 11.9. The average molecular weight is 257 g/mol. The molecule has 0 unspecified atom stereocenters. The van der Waals surface area contributed by atoms with Crippen molar-refractivity contribution in [2.75, 3.05) is 13.7 Å². The van der Waals surface area contributed by atoms with Crippen LogP contribution >= 0.6 is 0 Å². The highest BCUT2D eigenvalue weighted by atomic mass is 16.5. The standard InChI is InChI=1S/C15H15NO3/c1-3-19-15(17)13-9-11(6-7-14(13)18-2)12-5-4-8-16-10-12/h4-10H,3H2,1-2H3. The Morgan fingerprint density at radius 1 is 1.26 bits per heavy atom. The van der Waals surface area contributed by atoms with Gasteiger partial charge in [0.2, 0.25) is 0 Å². The maximum Gasteiger partial charge on any atom is 0.341 e. The Balaban J connectivity index is 2.44. The number of nitrogens with zero attached hydrogens (tertiary/aromatic N) is 1. The molecule has 0 aliphatic heterocycles. The summed E-state index contributed by atoms with van der Waals surface area (Å²) in [6.07, 6.45) is 3.45. The molecule has 0 aliphatic rings. The largest absolute Gasteiger partial charge is 0.496 e. The van der Waals surface area contributed by atoms with E-state index in [9.17, 15) is 4.79 Å². The number of carbonyl (C=O) groups is 1. The predicted octanol–water partition coefficient (Wildman–Crippen LogP) is 2.93. The van der Waals surface area contributed by atoms with Crippen LogP contribution in [0.15, 0.2) is 42.7 Å². The van der Waals surface area contributed by atoms with E-state index in [1.54, 1.807) is 31.5 Å². The zero-order chi connectivity index (χ0) is 13.7. The summed E-state index contributed by atoms with van der Waals surface area (Å²) in [6.45, 7) is 2.11. The molecule has 0 atom stereocenters. The molecule has 1 heterocycles. The van der Waals surface area contributed by atoms with Crippen LogP contribution in [0.5, 0.6) is 5.75 Å². The zero-order valence-corrected chi connectivity index (χ0v) is 10.9. The van der Waals surface area contributed by atoms with Crippen LogP contribution in [-0.4, -0.2) is 24.7 Å². The van der Waals surface area contributed by atoms with Crippen LogP contribution in [0, 0.1) is 0 Å². The van der Waals surface area contributed by atoms with E-state index in [1.165, 1.54) is 7.11 Å². The molecule has 0 saturated heterocycles. The highest BCUT2D eigenvalue weighted by molar-refractivity contribution is 5.94. The Labute approximate surface area is 112 Å². The first kappa shape index (κ1) is 13.1. The first-order valence-corrected chi connectivity index (χ1v) is 6.01. The SMILES string of the molecule is CCOC(=O)c1cc(-c2cccnc2)ccc1OC. The lowest BCUT2D eigenvalue weighted by Gasteiger charge is -2.10. The summed E-state index contributed by atoms with van der Waals surface area (Å²) in [7, 11) is 1.53. The molecule has 1 aromatic carbocycles. The summed E-state index contributed by atoms with van der Waals surface area (Å²) in [5.41, 5.74) is 2.26. The van der Waals surface area contributed by atoms with Crippen LogP contribution in [0.2, 0.25) is 0 Å². The topological polar surface area (TPSA) is 48.4 Å². The van der Waals surface area contributed by atoms with E-state index in [2.05, 4.69) is 4.98 Å². The molecule has 98 valence electrons. The summed E-state index contributed by atoms with van der Waals surface area (Å²) in [5, 5.41) is 0. The van der Waals surface area contributed by atoms with Gasteiger partial charge in [-0.1, -0.05) is 12.1 Å². The van der Waals surface area contributed by atoms with Crippen molar-refractivity contribution >= 4 is 5.97 Å². The minimum Gasteiger partial charge on any atom is -0.496 e. The fourth-order valence-electron chi connectivity index (χ4n) is 1.79. The van der Waals surface area contributed by atoms with Crippen molar-refractivity contribution < 1.29 is 14.3 Å². The second-order valence-corrected chi connectivity index (χ2v) is 3.88. The van der Waals surface area contributed by atoms with E-state index in [-0.39, 0.29) is 5.97 Å². The molecule has 4 heteroatoms. The average Bonchev–Trinajstić information content (AvgIpc) is 2.47. The highest BCUT2D eigenvalue weighted by Gasteiger charge is 2.14. The monoisotopic (exact) mass is 257 g/mol. The van der Waals surface area contributed by atoms with Crippen molar-refractivity contribution in [1.29, 1.82) is 0 Å². The molecule has 0 fully saturated rings. The lowest BCUT2D eigenvalue weighted by molar-refractivity contribution is 0.0523. The zero-order valence-electron chi connectivity index (χ0n) is 10.9. The van der Waals surface area contributed by atoms with Gasteiger partial charge in [-0.15, -0.1) is 0 Å². The summed E-state index contributed by atoms with van der Waals surface area (Å²) in [4.78, 5) is 16.0. The fourth-order valence-corrected chi connectivity index (χ4v) is 1.79. The van der Waals surface area contributed by atoms with Gasteiger partial charge in [-0.2, -0.15) is 0 Å². The Morgan fingerprint density at radius 3 is 2.74 bits per heavy atom. The van der Waals surface area contributed by atoms with Crippen LogP contribution in [0.25, 0.3) is 11.1 Å². The number of methoxy groups -OCH3 is 1. The van der Waals surface area contributed by atoms with Gasteiger partial charge in [0.05, 0.1) is 13.7 Å². The molecule has 0 spiro atoms. The molecule has 19 heavy (non-hydrogen) atoms. The molecule has 1 aromatic heterocycles. The molecule has 0 N–H and O–H groups in total. The van der Waals surface area contributed by atoms with Crippen LogP contribution in [0.1, 0.15) is 17.3 Å². The molecule has 4 nitrogen and oxygen atoms in total. The van der Waals surface area contributed by atoms with Crippen molar-refractivity contribution in [1.82, 2.24) is 4.98 Å². The minimum absolute atomic E-state index is 0.332. The molecule has 0 saturated carbocycles. The highest BCUT2D eigenvalue weighted by Crippen LogP contribution is 2.26. The third kappa shape index (κ3) is 2.91. The van der Waals surface area contributed by atoms with Crippen LogP contribution in [-0.2, 0) is 4.74 Å². The van der Waals surface area contributed by atoms with Crippen LogP contribution in [0.4, 0.5) is 0 Å². The smallest absolute Gasteiger partial charge is 0.341 e. The summed E-state index contributed by atoms with van der Waals surface area (Å²) in [6, 6.07) is 9.19. The summed E-state index contributed by atoms with van der Waals surface area (Å²) in [5.74, 6) is 0.121. The van der Waals surface area contributed by atoms with Gasteiger partial charge < -0.3 is 9.47 Å².